The molecule has 4 nitrogen and oxygen atoms in total. The Morgan fingerprint density at radius 1 is 1.33 bits per heavy atom. The molecule has 100 valence electrons. The van der Waals surface area contributed by atoms with E-state index in [9.17, 15) is 8.42 Å². The van der Waals surface area contributed by atoms with Gasteiger partial charge < -0.3 is 5.73 Å². The van der Waals surface area contributed by atoms with Gasteiger partial charge in [-0.25, -0.2) is 8.42 Å². The normalized spacial score (nSPS) is 23.2. The largest absolute Gasteiger partial charge is 0.324 e. The van der Waals surface area contributed by atoms with Crippen LogP contribution in [0.25, 0.3) is 0 Å². The molecule has 0 saturated carbocycles. The Morgan fingerprint density at radius 2 is 1.94 bits per heavy atom. The first kappa shape index (κ1) is 13.5. The van der Waals surface area contributed by atoms with E-state index in [0.29, 0.717) is 23.9 Å². The van der Waals surface area contributed by atoms with E-state index in [2.05, 4.69) is 6.92 Å². The minimum atomic E-state index is -3.32. The molecule has 2 atom stereocenters. The van der Waals surface area contributed by atoms with E-state index in [0.717, 1.165) is 12.0 Å². The van der Waals surface area contributed by atoms with Gasteiger partial charge in [0, 0.05) is 19.1 Å². The van der Waals surface area contributed by atoms with Crippen molar-refractivity contribution in [2.24, 2.45) is 11.7 Å². The number of hydrogen-bond acceptors (Lipinski definition) is 3. The summed E-state index contributed by atoms with van der Waals surface area (Å²) in [5, 5.41) is 0. The molecule has 2 N–H and O–H groups in total. The highest BCUT2D eigenvalue weighted by Gasteiger charge is 2.30. The topological polar surface area (TPSA) is 63.4 Å². The SMILES string of the molecule is CC1CCN(S(=O)(=O)c2ccc(C(C)N)cc2)C1. The average Bonchev–Trinajstić information content (AvgIpc) is 2.76. The van der Waals surface area contributed by atoms with Gasteiger partial charge in [-0.3, -0.25) is 0 Å². The zero-order chi connectivity index (χ0) is 13.3. The monoisotopic (exact) mass is 268 g/mol. The molecule has 1 aliphatic heterocycles. The summed E-state index contributed by atoms with van der Waals surface area (Å²) in [6.45, 7) is 5.20. The lowest BCUT2D eigenvalue weighted by Gasteiger charge is -2.16. The van der Waals surface area contributed by atoms with Crippen LogP contribution in [0.1, 0.15) is 31.9 Å². The fourth-order valence-corrected chi connectivity index (χ4v) is 3.78. The Labute approximate surface area is 109 Å². The summed E-state index contributed by atoms with van der Waals surface area (Å²) >= 11 is 0. The van der Waals surface area contributed by atoms with Crippen LogP contribution in [-0.4, -0.2) is 25.8 Å². The summed E-state index contributed by atoms with van der Waals surface area (Å²) in [7, 11) is -3.32. The zero-order valence-corrected chi connectivity index (χ0v) is 11.7. The van der Waals surface area contributed by atoms with Crippen LogP contribution in [0, 0.1) is 5.92 Å². The number of rotatable bonds is 3. The number of sulfonamides is 1. The molecule has 1 saturated heterocycles. The molecule has 1 heterocycles. The molecule has 1 aromatic carbocycles. The first-order valence-corrected chi connectivity index (χ1v) is 7.71. The molecule has 0 amide bonds. The highest BCUT2D eigenvalue weighted by molar-refractivity contribution is 7.89. The third kappa shape index (κ3) is 2.58. The van der Waals surface area contributed by atoms with Crippen molar-refractivity contribution in [2.75, 3.05) is 13.1 Å². The Kier molecular flexibility index (Phi) is 3.75. The first-order chi connectivity index (χ1) is 8.41. The van der Waals surface area contributed by atoms with Crippen molar-refractivity contribution >= 4 is 10.0 Å². The fourth-order valence-electron chi connectivity index (χ4n) is 2.21. The maximum Gasteiger partial charge on any atom is 0.243 e. The van der Waals surface area contributed by atoms with Crippen molar-refractivity contribution in [1.29, 1.82) is 0 Å². The van der Waals surface area contributed by atoms with Gasteiger partial charge in [-0.1, -0.05) is 19.1 Å². The summed E-state index contributed by atoms with van der Waals surface area (Å²) in [5.41, 5.74) is 6.70. The molecule has 0 bridgehead atoms. The van der Waals surface area contributed by atoms with Crippen molar-refractivity contribution in [3.8, 4) is 0 Å². The fraction of sp³-hybridized carbons (Fsp3) is 0.538. The molecule has 2 unspecified atom stereocenters. The lowest BCUT2D eigenvalue weighted by molar-refractivity contribution is 0.464. The third-order valence-electron chi connectivity index (χ3n) is 3.43. The van der Waals surface area contributed by atoms with Crippen molar-refractivity contribution in [3.63, 3.8) is 0 Å². The molecule has 18 heavy (non-hydrogen) atoms. The van der Waals surface area contributed by atoms with Crippen LogP contribution in [0.5, 0.6) is 0 Å². The minimum absolute atomic E-state index is 0.0754. The standard InChI is InChI=1S/C13H20N2O2S/c1-10-7-8-15(9-10)18(16,17)13-5-3-12(4-6-13)11(2)14/h3-6,10-11H,7-9,14H2,1-2H3. The Hall–Kier alpha value is -0.910. The number of hydrogen-bond donors (Lipinski definition) is 1. The van der Waals surface area contributed by atoms with Crippen molar-refractivity contribution in [1.82, 2.24) is 4.31 Å². The Bertz CT molecular complexity index is 508. The highest BCUT2D eigenvalue weighted by atomic mass is 32.2. The van der Waals surface area contributed by atoms with E-state index in [1.807, 2.05) is 6.92 Å². The highest BCUT2D eigenvalue weighted by Crippen LogP contribution is 2.24. The second kappa shape index (κ2) is 4.99. The minimum Gasteiger partial charge on any atom is -0.324 e. The van der Waals surface area contributed by atoms with Gasteiger partial charge in [0.25, 0.3) is 0 Å². The van der Waals surface area contributed by atoms with Gasteiger partial charge in [-0.15, -0.1) is 0 Å². The molecular weight excluding hydrogens is 248 g/mol. The van der Waals surface area contributed by atoms with E-state index >= 15 is 0 Å². The first-order valence-electron chi connectivity index (χ1n) is 6.27. The zero-order valence-electron chi connectivity index (χ0n) is 10.8. The second-order valence-electron chi connectivity index (χ2n) is 5.11. The van der Waals surface area contributed by atoms with Crippen molar-refractivity contribution in [2.45, 2.75) is 31.2 Å². The van der Waals surface area contributed by atoms with Gasteiger partial charge in [0.15, 0.2) is 0 Å². The summed E-state index contributed by atoms with van der Waals surface area (Å²) < 4.78 is 26.3. The average molecular weight is 268 g/mol. The van der Waals surface area contributed by atoms with E-state index in [-0.39, 0.29) is 6.04 Å². The van der Waals surface area contributed by atoms with Crippen LogP contribution >= 0.6 is 0 Å². The summed E-state index contributed by atoms with van der Waals surface area (Å²) in [5.74, 6) is 0.447. The lowest BCUT2D eigenvalue weighted by atomic mass is 10.1. The van der Waals surface area contributed by atoms with Gasteiger partial charge >= 0.3 is 0 Å². The van der Waals surface area contributed by atoms with Crippen LogP contribution in [-0.2, 0) is 10.0 Å². The molecule has 0 spiro atoms. The smallest absolute Gasteiger partial charge is 0.243 e. The third-order valence-corrected chi connectivity index (χ3v) is 5.31. The molecule has 1 aromatic rings. The van der Waals surface area contributed by atoms with Gasteiger partial charge in [-0.2, -0.15) is 4.31 Å². The van der Waals surface area contributed by atoms with Crippen LogP contribution in [0.15, 0.2) is 29.2 Å². The number of nitrogens with two attached hydrogens (primary N) is 1. The maximum atomic E-state index is 12.4. The maximum absolute atomic E-state index is 12.4. The Balaban J connectivity index is 2.25. The van der Waals surface area contributed by atoms with Crippen LogP contribution in [0.2, 0.25) is 0 Å². The molecular formula is C13H20N2O2S. The molecule has 1 aliphatic rings. The van der Waals surface area contributed by atoms with Gasteiger partial charge in [0.1, 0.15) is 0 Å². The molecule has 2 rings (SSSR count). The van der Waals surface area contributed by atoms with Gasteiger partial charge in [0.2, 0.25) is 10.0 Å². The van der Waals surface area contributed by atoms with Crippen molar-refractivity contribution in [3.05, 3.63) is 29.8 Å². The predicted molar refractivity (Wildman–Crippen MR) is 71.6 cm³/mol. The van der Waals surface area contributed by atoms with E-state index in [1.165, 1.54) is 0 Å². The van der Waals surface area contributed by atoms with Gasteiger partial charge in [0.05, 0.1) is 4.90 Å². The van der Waals surface area contributed by atoms with Crippen LogP contribution < -0.4 is 5.73 Å². The number of nitrogens with zero attached hydrogens (tertiary/aromatic N) is 1. The molecule has 0 aromatic heterocycles. The van der Waals surface area contributed by atoms with Gasteiger partial charge in [-0.05, 0) is 37.0 Å². The predicted octanol–water partition coefficient (Wildman–Crippen LogP) is 1.74. The Morgan fingerprint density at radius 3 is 2.39 bits per heavy atom. The van der Waals surface area contributed by atoms with E-state index < -0.39 is 10.0 Å². The summed E-state index contributed by atoms with van der Waals surface area (Å²) in [4.78, 5) is 0.362. The van der Waals surface area contributed by atoms with Crippen LogP contribution in [0.4, 0.5) is 0 Å². The van der Waals surface area contributed by atoms with E-state index in [1.54, 1.807) is 28.6 Å². The molecule has 0 aliphatic carbocycles. The number of benzene rings is 1. The molecule has 0 radical (unpaired) electrons. The summed E-state index contributed by atoms with van der Waals surface area (Å²) in [6.07, 6.45) is 0.942. The van der Waals surface area contributed by atoms with Crippen LogP contribution in [0.3, 0.4) is 0 Å². The second-order valence-corrected chi connectivity index (χ2v) is 7.05. The summed E-state index contributed by atoms with van der Waals surface area (Å²) in [6, 6.07) is 6.80. The van der Waals surface area contributed by atoms with E-state index in [4.69, 9.17) is 5.73 Å². The van der Waals surface area contributed by atoms with Crippen molar-refractivity contribution < 1.29 is 8.42 Å². The quantitative estimate of drug-likeness (QED) is 0.908. The molecule has 5 heteroatoms. The molecule has 1 fully saturated rings. The lowest BCUT2D eigenvalue weighted by Crippen LogP contribution is -2.28.